The molecule has 1 N–H and O–H groups in total. The van der Waals surface area contributed by atoms with Crippen LogP contribution in [0.3, 0.4) is 0 Å². The van der Waals surface area contributed by atoms with Crippen molar-refractivity contribution in [2.45, 2.75) is 26.3 Å². The molecule has 2 amide bonds. The van der Waals surface area contributed by atoms with Gasteiger partial charge in [0.05, 0.1) is 12.8 Å². The van der Waals surface area contributed by atoms with Gasteiger partial charge in [-0.2, -0.15) is 0 Å². The molecule has 0 spiro atoms. The zero-order valence-corrected chi connectivity index (χ0v) is 16.5. The van der Waals surface area contributed by atoms with Gasteiger partial charge < -0.3 is 15.0 Å². The molecule has 6 heteroatoms. The number of benzene rings is 2. The molecule has 0 unspecified atom stereocenters. The maximum Gasteiger partial charge on any atom is 0.240 e. The van der Waals surface area contributed by atoms with E-state index in [1.54, 1.807) is 24.1 Å². The van der Waals surface area contributed by atoms with E-state index < -0.39 is 5.41 Å². The Morgan fingerprint density at radius 1 is 1.22 bits per heavy atom. The molecular weight excluding hydrogens is 364 g/mol. The molecular formula is C21H23ClN2O3. The van der Waals surface area contributed by atoms with Gasteiger partial charge in [0.1, 0.15) is 11.2 Å². The lowest BCUT2D eigenvalue weighted by Crippen LogP contribution is -2.40. The van der Waals surface area contributed by atoms with E-state index in [2.05, 4.69) is 5.32 Å². The molecule has 1 aliphatic rings. The fraction of sp³-hybridized carbons (Fsp3) is 0.333. The Hall–Kier alpha value is -2.53. The van der Waals surface area contributed by atoms with Crippen molar-refractivity contribution in [2.75, 3.05) is 19.5 Å². The van der Waals surface area contributed by atoms with Crippen LogP contribution in [0.4, 0.5) is 5.69 Å². The highest BCUT2D eigenvalue weighted by molar-refractivity contribution is 6.31. The molecule has 0 radical (unpaired) electrons. The lowest BCUT2D eigenvalue weighted by atomic mass is 10.0. The molecule has 3 rings (SSSR count). The van der Waals surface area contributed by atoms with Crippen molar-refractivity contribution in [1.82, 2.24) is 4.90 Å². The summed E-state index contributed by atoms with van der Waals surface area (Å²) in [7, 11) is 3.25. The number of carbonyl (C=O) groups excluding carboxylic acids is 2. The lowest BCUT2D eigenvalue weighted by molar-refractivity contribution is -0.141. The molecule has 142 valence electrons. The van der Waals surface area contributed by atoms with Crippen LogP contribution in [0.1, 0.15) is 24.0 Å². The van der Waals surface area contributed by atoms with Crippen molar-refractivity contribution in [3.63, 3.8) is 0 Å². The molecule has 5 nitrogen and oxygen atoms in total. The first-order chi connectivity index (χ1) is 12.9. The number of ether oxygens (including phenoxy) is 1. The second-order valence-corrected chi connectivity index (χ2v) is 7.39. The molecule has 0 aromatic heterocycles. The average Bonchev–Trinajstić information content (AvgIpc) is 3.46. The number of nitrogens with one attached hydrogen (secondary N) is 1. The molecule has 1 saturated carbocycles. The van der Waals surface area contributed by atoms with Crippen LogP contribution < -0.4 is 10.1 Å². The summed E-state index contributed by atoms with van der Waals surface area (Å²) in [5.41, 5.74) is 1.38. The molecule has 0 heterocycles. The topological polar surface area (TPSA) is 58.6 Å². The van der Waals surface area contributed by atoms with Crippen molar-refractivity contribution in [3.05, 3.63) is 58.6 Å². The van der Waals surface area contributed by atoms with Crippen LogP contribution in [0.15, 0.2) is 42.5 Å². The monoisotopic (exact) mass is 386 g/mol. The molecule has 0 atom stereocenters. The number of nitrogens with zero attached hydrogens (tertiary/aromatic N) is 1. The molecule has 0 bridgehead atoms. The van der Waals surface area contributed by atoms with Crippen LogP contribution in [-0.2, 0) is 16.1 Å². The summed E-state index contributed by atoms with van der Waals surface area (Å²) in [6, 6.07) is 13.1. The zero-order chi connectivity index (χ0) is 19.6. The highest BCUT2D eigenvalue weighted by Gasteiger charge is 2.57. The lowest BCUT2D eigenvalue weighted by Gasteiger charge is -2.23. The van der Waals surface area contributed by atoms with Crippen LogP contribution in [0.5, 0.6) is 5.75 Å². The van der Waals surface area contributed by atoms with Crippen molar-refractivity contribution in [2.24, 2.45) is 5.41 Å². The van der Waals surface area contributed by atoms with E-state index in [4.69, 9.17) is 16.3 Å². The van der Waals surface area contributed by atoms with E-state index in [0.717, 1.165) is 11.1 Å². The first-order valence-corrected chi connectivity index (χ1v) is 9.20. The number of carbonyl (C=O) groups is 2. The molecule has 1 fully saturated rings. The normalized spacial score (nSPS) is 14.4. The number of hydrogen-bond acceptors (Lipinski definition) is 3. The van der Waals surface area contributed by atoms with Gasteiger partial charge in [0.25, 0.3) is 0 Å². The molecule has 27 heavy (non-hydrogen) atoms. The number of amides is 2. The van der Waals surface area contributed by atoms with E-state index >= 15 is 0 Å². The summed E-state index contributed by atoms with van der Waals surface area (Å²) in [6.45, 7) is 2.32. The fourth-order valence-corrected chi connectivity index (χ4v) is 3.28. The number of aryl methyl sites for hydroxylation is 1. The fourth-order valence-electron chi connectivity index (χ4n) is 3.13. The molecule has 2 aromatic rings. The molecule has 0 saturated heterocycles. The summed E-state index contributed by atoms with van der Waals surface area (Å²) in [5, 5.41) is 3.42. The number of rotatable bonds is 6. The van der Waals surface area contributed by atoms with Gasteiger partial charge in [0.15, 0.2) is 0 Å². The summed E-state index contributed by atoms with van der Waals surface area (Å²) in [5.74, 6) is 0.0146. The zero-order valence-electron chi connectivity index (χ0n) is 15.7. The Balaban J connectivity index is 1.74. The third-order valence-electron chi connectivity index (χ3n) is 4.93. The Bertz CT molecular complexity index is 863. The van der Waals surface area contributed by atoms with E-state index in [-0.39, 0.29) is 11.8 Å². The second-order valence-electron chi connectivity index (χ2n) is 6.98. The molecule has 0 aliphatic heterocycles. The predicted octanol–water partition coefficient (Wildman–Crippen LogP) is 4.03. The standard InChI is InChI=1S/C21H23ClN2O3/c1-14-11-17(18(27-3)12-16(14)22)23-19(25)21(9-10-21)20(26)24(2)13-15-7-5-4-6-8-15/h4-8,11-12H,9-10,13H2,1-3H3,(H,23,25). The van der Waals surface area contributed by atoms with E-state index in [0.29, 0.717) is 35.8 Å². The van der Waals surface area contributed by atoms with E-state index in [1.807, 2.05) is 37.3 Å². The van der Waals surface area contributed by atoms with Crippen LogP contribution in [0.2, 0.25) is 5.02 Å². The quantitative estimate of drug-likeness (QED) is 0.762. The Morgan fingerprint density at radius 3 is 2.48 bits per heavy atom. The number of anilines is 1. The van der Waals surface area contributed by atoms with Gasteiger partial charge in [-0.1, -0.05) is 41.9 Å². The third kappa shape index (κ3) is 3.93. The minimum absolute atomic E-state index is 0.159. The van der Waals surface area contributed by atoms with Crippen LogP contribution in [-0.4, -0.2) is 30.9 Å². The number of halogens is 1. The predicted molar refractivity (Wildman–Crippen MR) is 106 cm³/mol. The summed E-state index contributed by atoms with van der Waals surface area (Å²) < 4.78 is 5.31. The molecule has 2 aromatic carbocycles. The third-order valence-corrected chi connectivity index (χ3v) is 5.34. The Kier molecular flexibility index (Phi) is 5.42. The van der Waals surface area contributed by atoms with Gasteiger partial charge in [-0.25, -0.2) is 0 Å². The van der Waals surface area contributed by atoms with Crippen molar-refractivity contribution in [1.29, 1.82) is 0 Å². The number of hydrogen-bond donors (Lipinski definition) is 1. The maximum atomic E-state index is 13.0. The van der Waals surface area contributed by atoms with Gasteiger partial charge >= 0.3 is 0 Å². The van der Waals surface area contributed by atoms with Crippen molar-refractivity contribution in [3.8, 4) is 5.75 Å². The molecule has 1 aliphatic carbocycles. The first kappa shape index (κ1) is 19.2. The van der Waals surface area contributed by atoms with Gasteiger partial charge in [0.2, 0.25) is 11.8 Å². The summed E-state index contributed by atoms with van der Waals surface area (Å²) in [6.07, 6.45) is 1.09. The SMILES string of the molecule is COc1cc(Cl)c(C)cc1NC(=O)C1(C(=O)N(C)Cc2ccccc2)CC1. The largest absolute Gasteiger partial charge is 0.495 e. The number of methoxy groups -OCH3 is 1. The summed E-state index contributed by atoms with van der Waals surface area (Å²) >= 11 is 6.12. The van der Waals surface area contributed by atoms with Gasteiger partial charge in [-0.15, -0.1) is 0 Å². The first-order valence-electron chi connectivity index (χ1n) is 8.82. The Labute approximate surface area is 164 Å². The van der Waals surface area contributed by atoms with Crippen LogP contribution in [0.25, 0.3) is 0 Å². The smallest absolute Gasteiger partial charge is 0.240 e. The minimum atomic E-state index is -0.998. The van der Waals surface area contributed by atoms with E-state index in [9.17, 15) is 9.59 Å². The Morgan fingerprint density at radius 2 is 1.89 bits per heavy atom. The van der Waals surface area contributed by atoms with E-state index in [1.165, 1.54) is 7.11 Å². The average molecular weight is 387 g/mol. The van der Waals surface area contributed by atoms with Crippen molar-refractivity contribution < 1.29 is 14.3 Å². The van der Waals surface area contributed by atoms with Gasteiger partial charge in [0, 0.05) is 24.7 Å². The van der Waals surface area contributed by atoms with Gasteiger partial charge in [-0.3, -0.25) is 9.59 Å². The maximum absolute atomic E-state index is 13.0. The second kappa shape index (κ2) is 7.61. The van der Waals surface area contributed by atoms with Crippen LogP contribution >= 0.6 is 11.6 Å². The minimum Gasteiger partial charge on any atom is -0.495 e. The van der Waals surface area contributed by atoms with Gasteiger partial charge in [-0.05, 0) is 37.0 Å². The summed E-state index contributed by atoms with van der Waals surface area (Å²) in [4.78, 5) is 27.5. The highest BCUT2D eigenvalue weighted by atomic mass is 35.5. The van der Waals surface area contributed by atoms with Crippen LogP contribution in [0, 0.1) is 12.3 Å². The highest BCUT2D eigenvalue weighted by Crippen LogP contribution is 2.48. The van der Waals surface area contributed by atoms with Crippen molar-refractivity contribution >= 4 is 29.1 Å².